The Balaban J connectivity index is 1.77. The predicted molar refractivity (Wildman–Crippen MR) is 69.8 cm³/mol. The second-order valence-corrected chi connectivity index (χ2v) is 4.62. The van der Waals surface area contributed by atoms with E-state index in [1.165, 1.54) is 25.1 Å². The van der Waals surface area contributed by atoms with Gasteiger partial charge in [0.15, 0.2) is 0 Å². The number of rotatable bonds is 7. The number of aromatic nitrogens is 1. The van der Waals surface area contributed by atoms with Gasteiger partial charge in [0.05, 0.1) is 11.0 Å². The van der Waals surface area contributed by atoms with E-state index in [0.717, 1.165) is 25.6 Å². The Hall–Kier alpha value is -1.69. The summed E-state index contributed by atoms with van der Waals surface area (Å²) in [5.74, 6) is 0.568. The second-order valence-electron chi connectivity index (χ2n) is 4.62. The van der Waals surface area contributed by atoms with E-state index in [0.29, 0.717) is 11.4 Å². The van der Waals surface area contributed by atoms with Crippen molar-refractivity contribution < 1.29 is 4.92 Å². The Morgan fingerprint density at radius 3 is 2.94 bits per heavy atom. The minimum atomic E-state index is -0.378. The van der Waals surface area contributed by atoms with Gasteiger partial charge in [0, 0.05) is 24.3 Å². The third-order valence-corrected chi connectivity index (χ3v) is 2.94. The first kappa shape index (κ1) is 12.8. The molecule has 0 aliphatic heterocycles. The highest BCUT2D eigenvalue weighted by molar-refractivity contribution is 5.48. The van der Waals surface area contributed by atoms with Crippen LogP contribution in [0.1, 0.15) is 24.8 Å². The van der Waals surface area contributed by atoms with E-state index in [1.807, 2.05) is 0 Å². The maximum absolute atomic E-state index is 10.8. The van der Waals surface area contributed by atoms with Crippen LogP contribution in [0.25, 0.3) is 0 Å². The molecule has 6 heteroatoms. The van der Waals surface area contributed by atoms with Crippen LogP contribution < -0.4 is 10.6 Å². The predicted octanol–water partition coefficient (Wildman–Crippen LogP) is 1.85. The van der Waals surface area contributed by atoms with Gasteiger partial charge in [-0.1, -0.05) is 0 Å². The molecule has 1 heterocycles. The molecule has 0 radical (unpaired) electrons. The smallest absolute Gasteiger partial charge is 0.277 e. The first-order chi connectivity index (χ1) is 8.66. The van der Waals surface area contributed by atoms with Crippen LogP contribution >= 0.6 is 0 Å². The molecule has 1 aromatic rings. The molecule has 6 nitrogen and oxygen atoms in total. The van der Waals surface area contributed by atoms with Crippen molar-refractivity contribution in [3.05, 3.63) is 27.9 Å². The molecule has 0 aromatic carbocycles. The molecule has 98 valence electrons. The standard InChI is InChI=1S/C12H18N4O2/c1-9-8-15-12(7-11(9)16(17)18)14-6-2-5-13-10-3-4-10/h7-8,10,13H,2-6H2,1H3,(H,14,15). The van der Waals surface area contributed by atoms with Gasteiger partial charge in [0.2, 0.25) is 0 Å². The van der Waals surface area contributed by atoms with Crippen LogP contribution in [0.3, 0.4) is 0 Å². The molecule has 0 bridgehead atoms. The van der Waals surface area contributed by atoms with Crippen LogP contribution in [0.2, 0.25) is 0 Å². The second kappa shape index (κ2) is 5.77. The number of nitrogens with one attached hydrogen (secondary N) is 2. The molecule has 0 atom stereocenters. The van der Waals surface area contributed by atoms with E-state index in [4.69, 9.17) is 0 Å². The van der Waals surface area contributed by atoms with E-state index >= 15 is 0 Å². The highest BCUT2D eigenvalue weighted by Crippen LogP contribution is 2.20. The summed E-state index contributed by atoms with van der Waals surface area (Å²) in [6, 6.07) is 2.22. The van der Waals surface area contributed by atoms with E-state index in [9.17, 15) is 10.1 Å². The largest absolute Gasteiger partial charge is 0.370 e. The quantitative estimate of drug-likeness (QED) is 0.438. The third kappa shape index (κ3) is 3.66. The van der Waals surface area contributed by atoms with E-state index in [1.54, 1.807) is 6.92 Å². The fraction of sp³-hybridized carbons (Fsp3) is 0.583. The number of hydrogen-bond donors (Lipinski definition) is 2. The van der Waals surface area contributed by atoms with Crippen molar-refractivity contribution in [2.75, 3.05) is 18.4 Å². The van der Waals surface area contributed by atoms with Gasteiger partial charge in [0.1, 0.15) is 5.82 Å². The minimum Gasteiger partial charge on any atom is -0.370 e. The Morgan fingerprint density at radius 1 is 1.50 bits per heavy atom. The Labute approximate surface area is 106 Å². The van der Waals surface area contributed by atoms with Crippen molar-refractivity contribution in [2.45, 2.75) is 32.2 Å². The minimum absolute atomic E-state index is 0.114. The van der Waals surface area contributed by atoms with Crippen molar-refractivity contribution in [1.82, 2.24) is 10.3 Å². The van der Waals surface area contributed by atoms with Crippen molar-refractivity contribution >= 4 is 11.5 Å². The number of nitrogens with zero attached hydrogens (tertiary/aromatic N) is 2. The summed E-state index contributed by atoms with van der Waals surface area (Å²) in [5.41, 5.74) is 0.699. The third-order valence-electron chi connectivity index (χ3n) is 2.94. The Kier molecular flexibility index (Phi) is 4.09. The van der Waals surface area contributed by atoms with Crippen LogP contribution in [0.5, 0.6) is 0 Å². The van der Waals surface area contributed by atoms with Crippen molar-refractivity contribution in [3.63, 3.8) is 0 Å². The zero-order valence-electron chi connectivity index (χ0n) is 10.5. The zero-order valence-corrected chi connectivity index (χ0v) is 10.5. The summed E-state index contributed by atoms with van der Waals surface area (Å²) in [5, 5.41) is 17.3. The molecule has 1 aliphatic rings. The van der Waals surface area contributed by atoms with Gasteiger partial charge < -0.3 is 10.6 Å². The lowest BCUT2D eigenvalue weighted by Gasteiger charge is -2.06. The molecule has 0 amide bonds. The first-order valence-electron chi connectivity index (χ1n) is 6.25. The highest BCUT2D eigenvalue weighted by Gasteiger charge is 2.19. The van der Waals surface area contributed by atoms with Gasteiger partial charge in [-0.25, -0.2) is 4.98 Å². The van der Waals surface area contributed by atoms with Crippen LogP contribution in [-0.2, 0) is 0 Å². The summed E-state index contributed by atoms with van der Waals surface area (Å²) in [7, 11) is 0. The molecule has 1 aromatic heterocycles. The number of pyridine rings is 1. The highest BCUT2D eigenvalue weighted by atomic mass is 16.6. The average Bonchev–Trinajstić information content (AvgIpc) is 3.14. The monoisotopic (exact) mass is 250 g/mol. The molecule has 1 fully saturated rings. The zero-order chi connectivity index (χ0) is 13.0. The summed E-state index contributed by atoms with van der Waals surface area (Å²) >= 11 is 0. The van der Waals surface area contributed by atoms with Gasteiger partial charge in [0.25, 0.3) is 5.69 Å². The van der Waals surface area contributed by atoms with E-state index < -0.39 is 0 Å². The lowest BCUT2D eigenvalue weighted by molar-refractivity contribution is -0.385. The fourth-order valence-electron chi connectivity index (χ4n) is 1.70. The van der Waals surface area contributed by atoms with Crippen molar-refractivity contribution in [2.24, 2.45) is 0 Å². The number of nitro groups is 1. The summed E-state index contributed by atoms with van der Waals surface area (Å²) in [6.07, 6.45) is 5.10. The molecular formula is C12H18N4O2. The van der Waals surface area contributed by atoms with Gasteiger partial charge in [-0.3, -0.25) is 10.1 Å². The topological polar surface area (TPSA) is 80.1 Å². The molecule has 2 rings (SSSR count). The molecule has 1 saturated carbocycles. The van der Waals surface area contributed by atoms with E-state index in [2.05, 4.69) is 15.6 Å². The Morgan fingerprint density at radius 2 is 2.28 bits per heavy atom. The normalized spacial score (nSPS) is 14.5. The number of hydrogen-bond acceptors (Lipinski definition) is 5. The summed E-state index contributed by atoms with van der Waals surface area (Å²) in [4.78, 5) is 14.5. The lowest BCUT2D eigenvalue weighted by atomic mass is 10.2. The summed E-state index contributed by atoms with van der Waals surface area (Å²) in [6.45, 7) is 3.44. The van der Waals surface area contributed by atoms with Gasteiger partial charge >= 0.3 is 0 Å². The lowest BCUT2D eigenvalue weighted by Crippen LogP contribution is -2.20. The molecule has 0 spiro atoms. The average molecular weight is 250 g/mol. The van der Waals surface area contributed by atoms with Crippen LogP contribution in [0.4, 0.5) is 11.5 Å². The molecule has 1 aliphatic carbocycles. The van der Waals surface area contributed by atoms with Crippen LogP contribution in [0, 0.1) is 17.0 Å². The van der Waals surface area contributed by atoms with Gasteiger partial charge in [-0.15, -0.1) is 0 Å². The number of aryl methyl sites for hydroxylation is 1. The molecule has 2 N–H and O–H groups in total. The van der Waals surface area contributed by atoms with E-state index in [-0.39, 0.29) is 10.6 Å². The maximum atomic E-state index is 10.8. The van der Waals surface area contributed by atoms with Crippen molar-refractivity contribution in [3.8, 4) is 0 Å². The van der Waals surface area contributed by atoms with Crippen molar-refractivity contribution in [1.29, 1.82) is 0 Å². The molecule has 0 unspecified atom stereocenters. The van der Waals surface area contributed by atoms with Gasteiger partial charge in [-0.05, 0) is 32.7 Å². The maximum Gasteiger partial charge on any atom is 0.277 e. The number of anilines is 1. The first-order valence-corrected chi connectivity index (χ1v) is 6.25. The van der Waals surface area contributed by atoms with Crippen LogP contribution in [-0.4, -0.2) is 29.0 Å². The summed E-state index contributed by atoms with van der Waals surface area (Å²) < 4.78 is 0. The molecule has 0 saturated heterocycles. The van der Waals surface area contributed by atoms with Gasteiger partial charge in [-0.2, -0.15) is 0 Å². The molecule has 18 heavy (non-hydrogen) atoms. The fourth-order valence-corrected chi connectivity index (χ4v) is 1.70. The van der Waals surface area contributed by atoms with Crippen LogP contribution in [0.15, 0.2) is 12.3 Å². The molecular weight excluding hydrogens is 232 g/mol. The Bertz CT molecular complexity index is 432. The SMILES string of the molecule is Cc1cnc(NCCCNC2CC2)cc1[N+](=O)[O-].